The number of nitrogens with one attached hydrogen (secondary N) is 2. The smallest absolute Gasteiger partial charge is 0.313 e. The molecule has 0 saturated carbocycles. The Bertz CT molecular complexity index is 746. The van der Waals surface area contributed by atoms with Crippen LogP contribution in [-0.2, 0) is 9.59 Å². The quantitative estimate of drug-likeness (QED) is 0.793. The van der Waals surface area contributed by atoms with Crippen LogP contribution in [0.3, 0.4) is 0 Å². The van der Waals surface area contributed by atoms with Gasteiger partial charge in [-0.2, -0.15) is 0 Å². The summed E-state index contributed by atoms with van der Waals surface area (Å²) in [6.45, 7) is 0. The fraction of sp³-hybridized carbons (Fsp3) is 0.0667. The summed E-state index contributed by atoms with van der Waals surface area (Å²) in [5.74, 6) is -1.43. The zero-order chi connectivity index (χ0) is 15.0. The number of carbonyl (C=O) groups excluding carboxylic acids is 2. The van der Waals surface area contributed by atoms with Gasteiger partial charge in [0.1, 0.15) is 0 Å². The molecular weight excluding hydrogens is 311 g/mol. The number of carbonyl (C=O) groups is 2. The van der Waals surface area contributed by atoms with Crippen molar-refractivity contribution in [2.45, 2.75) is 6.04 Å². The highest BCUT2D eigenvalue weighted by molar-refractivity contribution is 6.40. The Morgan fingerprint density at radius 3 is 2.43 bits per heavy atom. The van der Waals surface area contributed by atoms with Gasteiger partial charge in [0, 0.05) is 21.3 Å². The molecule has 0 bridgehead atoms. The monoisotopic (exact) mass is 320 g/mol. The molecule has 1 unspecified atom stereocenters. The van der Waals surface area contributed by atoms with Crippen molar-refractivity contribution in [3.63, 3.8) is 0 Å². The van der Waals surface area contributed by atoms with Gasteiger partial charge < -0.3 is 10.6 Å². The van der Waals surface area contributed by atoms with E-state index in [1.807, 2.05) is 6.07 Å². The van der Waals surface area contributed by atoms with Gasteiger partial charge in [-0.05, 0) is 29.8 Å². The zero-order valence-corrected chi connectivity index (χ0v) is 12.2. The molecule has 4 nitrogen and oxygen atoms in total. The topological polar surface area (TPSA) is 58.2 Å². The summed E-state index contributed by atoms with van der Waals surface area (Å²) in [5, 5.41) is 6.25. The Morgan fingerprint density at radius 1 is 0.905 bits per heavy atom. The summed E-state index contributed by atoms with van der Waals surface area (Å²) in [7, 11) is 0. The lowest BCUT2D eigenvalue weighted by Gasteiger charge is -2.19. The van der Waals surface area contributed by atoms with Crippen molar-refractivity contribution >= 4 is 40.7 Å². The van der Waals surface area contributed by atoms with Gasteiger partial charge in [0.05, 0.1) is 6.04 Å². The molecule has 2 amide bonds. The summed E-state index contributed by atoms with van der Waals surface area (Å²) in [6, 6.07) is 11.6. The number of hydrogen-bond donors (Lipinski definition) is 2. The van der Waals surface area contributed by atoms with Crippen LogP contribution < -0.4 is 10.6 Å². The standard InChI is InChI=1S/C15H10Cl2N2O2/c16-8-5-6-12-10(7-8)13(19-15(21)14(20)18-12)9-3-1-2-4-11(9)17/h1-7,13H,(H,18,20)(H,19,21). The third-order valence-electron chi connectivity index (χ3n) is 3.27. The van der Waals surface area contributed by atoms with E-state index in [2.05, 4.69) is 10.6 Å². The normalized spacial score (nSPS) is 17.5. The molecule has 0 fully saturated rings. The van der Waals surface area contributed by atoms with Crippen LogP contribution in [0, 0.1) is 0 Å². The molecule has 106 valence electrons. The average molecular weight is 321 g/mol. The van der Waals surface area contributed by atoms with Crippen molar-refractivity contribution < 1.29 is 9.59 Å². The van der Waals surface area contributed by atoms with Crippen LogP contribution in [0.2, 0.25) is 10.0 Å². The maximum atomic E-state index is 11.9. The van der Waals surface area contributed by atoms with Crippen molar-refractivity contribution in [2.24, 2.45) is 0 Å². The molecule has 21 heavy (non-hydrogen) atoms. The number of rotatable bonds is 1. The van der Waals surface area contributed by atoms with Crippen LogP contribution in [0.1, 0.15) is 17.2 Å². The molecular formula is C15H10Cl2N2O2. The second-order valence-electron chi connectivity index (χ2n) is 4.61. The highest BCUT2D eigenvalue weighted by Crippen LogP contribution is 2.35. The fourth-order valence-corrected chi connectivity index (χ4v) is 2.72. The van der Waals surface area contributed by atoms with Crippen LogP contribution >= 0.6 is 23.2 Å². The molecule has 3 rings (SSSR count). The Balaban J connectivity index is 2.20. The lowest BCUT2D eigenvalue weighted by Crippen LogP contribution is -2.35. The first-order valence-corrected chi connectivity index (χ1v) is 6.97. The predicted molar refractivity (Wildman–Crippen MR) is 81.5 cm³/mol. The first kappa shape index (κ1) is 13.9. The van der Waals surface area contributed by atoms with Crippen LogP contribution in [0.4, 0.5) is 5.69 Å². The molecule has 1 aliphatic heterocycles. The van der Waals surface area contributed by atoms with E-state index < -0.39 is 17.9 Å². The maximum Gasteiger partial charge on any atom is 0.313 e. The summed E-state index contributed by atoms with van der Waals surface area (Å²) < 4.78 is 0. The van der Waals surface area contributed by atoms with Gasteiger partial charge in [-0.15, -0.1) is 0 Å². The lowest BCUT2D eigenvalue weighted by atomic mass is 9.97. The van der Waals surface area contributed by atoms with Gasteiger partial charge in [0.2, 0.25) is 0 Å². The van der Waals surface area contributed by atoms with E-state index in [0.29, 0.717) is 26.9 Å². The van der Waals surface area contributed by atoms with Gasteiger partial charge in [-0.25, -0.2) is 0 Å². The molecule has 2 aromatic rings. The Hall–Kier alpha value is -2.04. The van der Waals surface area contributed by atoms with Gasteiger partial charge in [0.15, 0.2) is 0 Å². The van der Waals surface area contributed by atoms with Gasteiger partial charge >= 0.3 is 11.8 Å². The molecule has 0 saturated heterocycles. The molecule has 1 atom stereocenters. The predicted octanol–water partition coefficient (Wildman–Crippen LogP) is 3.15. The number of halogens is 2. The van der Waals surface area contributed by atoms with E-state index in [4.69, 9.17) is 23.2 Å². The summed E-state index contributed by atoms with van der Waals surface area (Å²) in [6.07, 6.45) is 0. The molecule has 6 heteroatoms. The van der Waals surface area contributed by atoms with Gasteiger partial charge in [-0.1, -0.05) is 41.4 Å². The first-order chi connectivity index (χ1) is 10.1. The SMILES string of the molecule is O=C1Nc2ccc(Cl)cc2C(c2ccccc2Cl)NC1=O. The second kappa shape index (κ2) is 5.39. The fourth-order valence-electron chi connectivity index (χ4n) is 2.29. The van der Waals surface area contributed by atoms with E-state index >= 15 is 0 Å². The number of benzene rings is 2. The minimum absolute atomic E-state index is 0.503. The van der Waals surface area contributed by atoms with Crippen molar-refractivity contribution in [2.75, 3.05) is 5.32 Å². The largest absolute Gasteiger partial charge is 0.337 e. The Labute approximate surface area is 131 Å². The highest BCUT2D eigenvalue weighted by atomic mass is 35.5. The van der Waals surface area contributed by atoms with E-state index in [0.717, 1.165) is 0 Å². The van der Waals surface area contributed by atoms with Crippen LogP contribution in [0.15, 0.2) is 42.5 Å². The third-order valence-corrected chi connectivity index (χ3v) is 3.85. The molecule has 2 aromatic carbocycles. The van der Waals surface area contributed by atoms with Crippen molar-refractivity contribution in [1.82, 2.24) is 5.32 Å². The first-order valence-electron chi connectivity index (χ1n) is 6.22. The van der Waals surface area contributed by atoms with Crippen LogP contribution in [-0.4, -0.2) is 11.8 Å². The molecule has 1 aliphatic rings. The Kier molecular flexibility index (Phi) is 3.57. The van der Waals surface area contributed by atoms with Crippen molar-refractivity contribution in [3.05, 3.63) is 63.6 Å². The summed E-state index contributed by atoms with van der Waals surface area (Å²) >= 11 is 12.2. The number of amides is 2. The molecule has 0 aromatic heterocycles. The van der Waals surface area contributed by atoms with Gasteiger partial charge in [-0.3, -0.25) is 9.59 Å². The molecule has 0 radical (unpaired) electrons. The third kappa shape index (κ3) is 2.60. The van der Waals surface area contributed by atoms with E-state index in [-0.39, 0.29) is 0 Å². The average Bonchev–Trinajstić information content (AvgIpc) is 2.58. The minimum atomic E-state index is -0.716. The number of fused-ring (bicyclic) bond motifs is 1. The van der Waals surface area contributed by atoms with Crippen LogP contribution in [0.25, 0.3) is 0 Å². The van der Waals surface area contributed by atoms with Crippen LogP contribution in [0.5, 0.6) is 0 Å². The maximum absolute atomic E-state index is 11.9. The summed E-state index contributed by atoms with van der Waals surface area (Å²) in [4.78, 5) is 23.6. The van der Waals surface area contributed by atoms with Crippen molar-refractivity contribution in [3.8, 4) is 0 Å². The number of hydrogen-bond acceptors (Lipinski definition) is 2. The number of anilines is 1. The Morgan fingerprint density at radius 2 is 1.67 bits per heavy atom. The minimum Gasteiger partial charge on any atom is -0.337 e. The lowest BCUT2D eigenvalue weighted by molar-refractivity contribution is -0.136. The van der Waals surface area contributed by atoms with Crippen molar-refractivity contribution in [1.29, 1.82) is 0 Å². The highest BCUT2D eigenvalue weighted by Gasteiger charge is 2.29. The molecule has 2 N–H and O–H groups in total. The second-order valence-corrected chi connectivity index (χ2v) is 5.46. The van der Waals surface area contributed by atoms with Gasteiger partial charge in [0.25, 0.3) is 0 Å². The van der Waals surface area contributed by atoms with E-state index in [1.54, 1.807) is 36.4 Å². The van der Waals surface area contributed by atoms with E-state index in [9.17, 15) is 9.59 Å². The van der Waals surface area contributed by atoms with E-state index in [1.165, 1.54) is 0 Å². The zero-order valence-electron chi connectivity index (χ0n) is 10.7. The molecule has 1 heterocycles. The molecule has 0 spiro atoms. The summed E-state index contributed by atoms with van der Waals surface area (Å²) in [5.41, 5.74) is 1.93. The molecule has 0 aliphatic carbocycles.